The van der Waals surface area contributed by atoms with Crippen LogP contribution in [0.1, 0.15) is 39.3 Å². The van der Waals surface area contributed by atoms with Gasteiger partial charge < -0.3 is 9.88 Å². The minimum absolute atomic E-state index is 0.508. The van der Waals surface area contributed by atoms with Gasteiger partial charge in [-0.15, -0.1) is 0 Å². The van der Waals surface area contributed by atoms with Crippen LogP contribution in [0.4, 0.5) is 0 Å². The smallest absolute Gasteiger partial charge is 0.0486 e. The molecule has 0 atom stereocenters. The average molecular weight is 244 g/mol. The number of hydrogen-bond acceptors (Lipinski definition) is 1. The number of para-hydroxylation sites is 1. The zero-order valence-electron chi connectivity index (χ0n) is 11.9. The molecule has 0 unspecified atom stereocenters. The Morgan fingerprint density at radius 2 is 1.83 bits per heavy atom. The van der Waals surface area contributed by atoms with Crippen molar-refractivity contribution in [1.82, 2.24) is 9.88 Å². The predicted molar refractivity (Wildman–Crippen MR) is 78.9 cm³/mol. The Labute approximate surface area is 110 Å². The van der Waals surface area contributed by atoms with Crippen LogP contribution >= 0.6 is 0 Å². The van der Waals surface area contributed by atoms with Gasteiger partial charge in [0.2, 0.25) is 0 Å². The Morgan fingerprint density at radius 1 is 1.11 bits per heavy atom. The first kappa shape index (κ1) is 13.2. The van der Waals surface area contributed by atoms with Crippen molar-refractivity contribution in [1.29, 1.82) is 0 Å². The first-order valence-electron chi connectivity index (χ1n) is 6.88. The van der Waals surface area contributed by atoms with Gasteiger partial charge >= 0.3 is 0 Å². The van der Waals surface area contributed by atoms with Crippen molar-refractivity contribution >= 4 is 10.9 Å². The van der Waals surface area contributed by atoms with Crippen LogP contribution < -0.4 is 5.32 Å². The molecule has 2 heteroatoms. The van der Waals surface area contributed by atoms with Crippen molar-refractivity contribution in [3.05, 3.63) is 36.0 Å². The van der Waals surface area contributed by atoms with Gasteiger partial charge in [0.05, 0.1) is 0 Å². The molecule has 0 radical (unpaired) electrons. The molecule has 1 heterocycles. The molecule has 0 spiro atoms. The molecule has 98 valence electrons. The van der Waals surface area contributed by atoms with E-state index in [2.05, 4.69) is 68.0 Å². The lowest BCUT2D eigenvalue weighted by Crippen LogP contribution is -2.18. The summed E-state index contributed by atoms with van der Waals surface area (Å²) in [4.78, 5) is 0. The van der Waals surface area contributed by atoms with Crippen molar-refractivity contribution in [2.75, 3.05) is 6.54 Å². The van der Waals surface area contributed by atoms with Crippen molar-refractivity contribution < 1.29 is 0 Å². The molecular formula is C16H24N2. The van der Waals surface area contributed by atoms with Gasteiger partial charge in [0.15, 0.2) is 0 Å². The molecule has 2 nitrogen and oxygen atoms in total. The van der Waals surface area contributed by atoms with Crippen LogP contribution in [-0.2, 0) is 6.54 Å². The molecule has 1 aromatic carbocycles. The van der Waals surface area contributed by atoms with Crippen molar-refractivity contribution in [3.8, 4) is 0 Å². The summed E-state index contributed by atoms with van der Waals surface area (Å²) in [6.45, 7) is 11.0. The summed E-state index contributed by atoms with van der Waals surface area (Å²) in [5.41, 5.74) is 2.74. The summed E-state index contributed by atoms with van der Waals surface area (Å²) in [6.07, 6.45) is 2.29. The molecule has 0 fully saturated rings. The van der Waals surface area contributed by atoms with E-state index < -0.39 is 0 Å². The first-order chi connectivity index (χ1) is 8.59. The second-order valence-corrected chi connectivity index (χ2v) is 5.70. The van der Waals surface area contributed by atoms with E-state index >= 15 is 0 Å². The summed E-state index contributed by atoms with van der Waals surface area (Å²) in [7, 11) is 0. The molecule has 0 aliphatic heterocycles. The summed E-state index contributed by atoms with van der Waals surface area (Å²) in [5.74, 6) is 0.698. The Hall–Kier alpha value is -1.28. The van der Waals surface area contributed by atoms with Gasteiger partial charge in [-0.2, -0.15) is 0 Å². The number of nitrogens with zero attached hydrogens (tertiary/aromatic N) is 1. The van der Waals surface area contributed by atoms with Crippen molar-refractivity contribution in [3.63, 3.8) is 0 Å². The van der Waals surface area contributed by atoms with Crippen LogP contribution in [0.15, 0.2) is 30.5 Å². The molecule has 0 saturated carbocycles. The highest BCUT2D eigenvalue weighted by Crippen LogP contribution is 2.24. The number of benzene rings is 1. The fraction of sp³-hybridized carbons (Fsp3) is 0.500. The summed E-state index contributed by atoms with van der Waals surface area (Å²) < 4.78 is 2.36. The van der Waals surface area contributed by atoms with Crippen LogP contribution in [0.2, 0.25) is 0 Å². The maximum atomic E-state index is 3.53. The highest BCUT2D eigenvalue weighted by atomic mass is 15.0. The first-order valence-corrected chi connectivity index (χ1v) is 6.88. The molecule has 0 aliphatic rings. The van der Waals surface area contributed by atoms with Crippen LogP contribution in [0, 0.1) is 5.92 Å². The summed E-state index contributed by atoms with van der Waals surface area (Å²) in [5, 5.41) is 4.91. The van der Waals surface area contributed by atoms with E-state index in [-0.39, 0.29) is 0 Å². The van der Waals surface area contributed by atoms with E-state index in [0.717, 1.165) is 13.1 Å². The lowest BCUT2D eigenvalue weighted by atomic mass is 10.1. The highest BCUT2D eigenvalue weighted by Gasteiger charge is 2.09. The van der Waals surface area contributed by atoms with Crippen LogP contribution in [0.25, 0.3) is 10.9 Å². The Morgan fingerprint density at radius 3 is 2.50 bits per heavy atom. The van der Waals surface area contributed by atoms with E-state index in [1.54, 1.807) is 0 Å². The zero-order chi connectivity index (χ0) is 13.1. The second-order valence-electron chi connectivity index (χ2n) is 5.70. The van der Waals surface area contributed by atoms with E-state index in [9.17, 15) is 0 Å². The van der Waals surface area contributed by atoms with Crippen LogP contribution in [-0.4, -0.2) is 11.1 Å². The van der Waals surface area contributed by atoms with Gasteiger partial charge in [-0.05, 0) is 37.9 Å². The number of nitrogens with one attached hydrogen (secondary N) is 1. The predicted octanol–water partition coefficient (Wildman–Crippen LogP) is 3.97. The molecule has 2 aromatic rings. The molecule has 0 bridgehead atoms. The monoisotopic (exact) mass is 244 g/mol. The lowest BCUT2D eigenvalue weighted by molar-refractivity contribution is 0.551. The van der Waals surface area contributed by atoms with E-state index in [4.69, 9.17) is 0 Å². The number of fused-ring (bicyclic) bond motifs is 1. The van der Waals surface area contributed by atoms with Gasteiger partial charge in [-0.25, -0.2) is 0 Å². The third-order valence-electron chi connectivity index (χ3n) is 3.25. The Bertz CT molecular complexity index is 509. The quantitative estimate of drug-likeness (QED) is 0.842. The summed E-state index contributed by atoms with van der Waals surface area (Å²) in [6, 6.07) is 9.18. The third-order valence-corrected chi connectivity index (χ3v) is 3.25. The SMILES string of the molecule is CC(C)CNCc1cn(C(C)C)c2ccccc12. The van der Waals surface area contributed by atoms with Gasteiger partial charge in [-0.1, -0.05) is 32.0 Å². The number of hydrogen-bond donors (Lipinski definition) is 1. The number of rotatable bonds is 5. The zero-order valence-corrected chi connectivity index (χ0v) is 11.9. The van der Waals surface area contributed by atoms with E-state index in [1.165, 1.54) is 16.5 Å². The normalized spacial score (nSPS) is 11.9. The molecule has 0 aliphatic carbocycles. The van der Waals surface area contributed by atoms with Gasteiger partial charge in [0, 0.05) is 29.7 Å². The van der Waals surface area contributed by atoms with Gasteiger partial charge in [0.25, 0.3) is 0 Å². The highest BCUT2D eigenvalue weighted by molar-refractivity contribution is 5.84. The number of aromatic nitrogens is 1. The maximum Gasteiger partial charge on any atom is 0.0486 e. The fourth-order valence-electron chi connectivity index (χ4n) is 2.34. The van der Waals surface area contributed by atoms with Gasteiger partial charge in [-0.3, -0.25) is 0 Å². The minimum Gasteiger partial charge on any atom is -0.345 e. The van der Waals surface area contributed by atoms with Crippen molar-refractivity contribution in [2.24, 2.45) is 5.92 Å². The van der Waals surface area contributed by atoms with Gasteiger partial charge in [0.1, 0.15) is 0 Å². The molecule has 1 aromatic heterocycles. The average Bonchev–Trinajstić information content (AvgIpc) is 2.68. The van der Waals surface area contributed by atoms with E-state index in [0.29, 0.717) is 12.0 Å². The Balaban J connectivity index is 2.27. The summed E-state index contributed by atoms with van der Waals surface area (Å²) >= 11 is 0. The third kappa shape index (κ3) is 2.75. The minimum atomic E-state index is 0.508. The maximum absolute atomic E-state index is 3.53. The molecule has 0 saturated heterocycles. The van der Waals surface area contributed by atoms with E-state index in [1.807, 2.05) is 0 Å². The molecule has 18 heavy (non-hydrogen) atoms. The second kappa shape index (κ2) is 5.57. The molecule has 0 amide bonds. The molecule has 2 rings (SSSR count). The largest absolute Gasteiger partial charge is 0.345 e. The lowest BCUT2D eigenvalue weighted by Gasteiger charge is -2.08. The molecule has 1 N–H and O–H groups in total. The fourth-order valence-corrected chi connectivity index (χ4v) is 2.34. The standard InChI is InChI=1S/C16H24N2/c1-12(2)9-17-10-14-11-18(13(3)4)16-8-6-5-7-15(14)16/h5-8,11-13,17H,9-10H2,1-4H3. The topological polar surface area (TPSA) is 17.0 Å². The van der Waals surface area contributed by atoms with Crippen molar-refractivity contribution in [2.45, 2.75) is 40.3 Å². The van der Waals surface area contributed by atoms with Crippen LogP contribution in [0.5, 0.6) is 0 Å². The Kier molecular flexibility index (Phi) is 4.07. The van der Waals surface area contributed by atoms with Crippen LogP contribution in [0.3, 0.4) is 0 Å². The molecular weight excluding hydrogens is 220 g/mol.